The molecule has 0 amide bonds. The molecule has 2 unspecified atom stereocenters. The lowest BCUT2D eigenvalue weighted by Crippen LogP contribution is -2.26. The van der Waals surface area contributed by atoms with Crippen LogP contribution in [-0.4, -0.2) is 16.0 Å². The molecule has 0 aromatic carbocycles. The summed E-state index contributed by atoms with van der Waals surface area (Å²) in [5, 5.41) is 3.79. The molecule has 2 atom stereocenters. The van der Waals surface area contributed by atoms with Gasteiger partial charge in [-0.3, -0.25) is 0 Å². The normalized spacial score (nSPS) is 25.4. The fourth-order valence-electron chi connectivity index (χ4n) is 2.24. The van der Waals surface area contributed by atoms with Gasteiger partial charge in [0.1, 0.15) is 17.2 Å². The second kappa shape index (κ2) is 4.87. The highest BCUT2D eigenvalue weighted by molar-refractivity contribution is 6.35. The second-order valence-corrected chi connectivity index (χ2v) is 4.91. The van der Waals surface area contributed by atoms with Crippen molar-refractivity contribution in [3.8, 4) is 0 Å². The first kappa shape index (κ1) is 11.5. The van der Waals surface area contributed by atoms with Gasteiger partial charge in [0.25, 0.3) is 0 Å². The minimum absolute atomic E-state index is 0.336. The molecule has 0 radical (unpaired) electrons. The van der Waals surface area contributed by atoms with Gasteiger partial charge in [0.15, 0.2) is 5.82 Å². The molecule has 1 aliphatic rings. The molecule has 88 valence electrons. The predicted octanol–water partition coefficient (Wildman–Crippen LogP) is 2.70. The van der Waals surface area contributed by atoms with Crippen molar-refractivity contribution in [2.75, 3.05) is 11.1 Å². The van der Waals surface area contributed by atoms with Crippen molar-refractivity contribution in [1.29, 1.82) is 0 Å². The fraction of sp³-hybridized carbons (Fsp3) is 0.636. The molecule has 0 saturated heterocycles. The molecule has 3 N–H and O–H groups in total. The van der Waals surface area contributed by atoms with Crippen molar-refractivity contribution in [2.45, 2.75) is 38.6 Å². The first-order chi connectivity index (χ1) is 7.66. The summed E-state index contributed by atoms with van der Waals surface area (Å²) >= 11 is 6.04. The zero-order chi connectivity index (χ0) is 11.5. The van der Waals surface area contributed by atoms with Crippen LogP contribution in [0.2, 0.25) is 5.02 Å². The molecule has 0 spiro atoms. The van der Waals surface area contributed by atoms with Crippen LogP contribution in [0.1, 0.15) is 32.6 Å². The number of nitrogens with one attached hydrogen (secondary N) is 1. The molecule has 1 aliphatic carbocycles. The fourth-order valence-corrected chi connectivity index (χ4v) is 2.39. The minimum atomic E-state index is 0.336. The van der Waals surface area contributed by atoms with Crippen LogP contribution in [-0.2, 0) is 0 Å². The van der Waals surface area contributed by atoms with Gasteiger partial charge < -0.3 is 11.1 Å². The quantitative estimate of drug-likeness (QED) is 0.834. The molecule has 5 heteroatoms. The van der Waals surface area contributed by atoms with Gasteiger partial charge in [-0.15, -0.1) is 0 Å². The molecule has 1 saturated carbocycles. The highest BCUT2D eigenvalue weighted by atomic mass is 35.5. The van der Waals surface area contributed by atoms with Gasteiger partial charge in [0.2, 0.25) is 0 Å². The number of nitrogens with two attached hydrogens (primary N) is 1. The standard InChI is InChI=1S/C11H17ClN4/c1-7-3-2-4-8(5-7)16-11-9(12)10(13)14-6-15-11/h6-8H,2-5H2,1H3,(H3,13,14,15,16). The van der Waals surface area contributed by atoms with Crippen molar-refractivity contribution in [2.24, 2.45) is 5.92 Å². The summed E-state index contributed by atoms with van der Waals surface area (Å²) in [4.78, 5) is 7.97. The highest BCUT2D eigenvalue weighted by Gasteiger charge is 2.20. The Bertz CT molecular complexity index is 369. The summed E-state index contributed by atoms with van der Waals surface area (Å²) in [7, 11) is 0. The summed E-state index contributed by atoms with van der Waals surface area (Å²) in [6.07, 6.45) is 6.36. The monoisotopic (exact) mass is 240 g/mol. The van der Waals surface area contributed by atoms with Gasteiger partial charge in [-0.05, 0) is 18.8 Å². The Morgan fingerprint density at radius 2 is 2.25 bits per heavy atom. The number of rotatable bonds is 2. The van der Waals surface area contributed by atoms with Crippen molar-refractivity contribution in [3.63, 3.8) is 0 Å². The van der Waals surface area contributed by atoms with E-state index in [9.17, 15) is 0 Å². The minimum Gasteiger partial charge on any atom is -0.382 e. The molecule has 16 heavy (non-hydrogen) atoms. The summed E-state index contributed by atoms with van der Waals surface area (Å²) in [5.74, 6) is 1.76. The van der Waals surface area contributed by atoms with Crippen LogP contribution in [0.3, 0.4) is 0 Å². The summed E-state index contributed by atoms with van der Waals surface area (Å²) in [6.45, 7) is 2.28. The lowest BCUT2D eigenvalue weighted by molar-refractivity contribution is 0.358. The number of aromatic nitrogens is 2. The molecular formula is C11H17ClN4. The predicted molar refractivity (Wildman–Crippen MR) is 66.5 cm³/mol. The van der Waals surface area contributed by atoms with Gasteiger partial charge in [-0.2, -0.15) is 0 Å². The molecule has 0 aliphatic heterocycles. The molecule has 1 aromatic heterocycles. The number of hydrogen-bond donors (Lipinski definition) is 2. The van der Waals surface area contributed by atoms with E-state index in [1.807, 2.05) is 0 Å². The Kier molecular flexibility index (Phi) is 3.49. The molecular weight excluding hydrogens is 224 g/mol. The van der Waals surface area contributed by atoms with Crippen LogP contribution in [0, 0.1) is 5.92 Å². The van der Waals surface area contributed by atoms with E-state index in [1.54, 1.807) is 0 Å². The average Bonchev–Trinajstić information content (AvgIpc) is 2.25. The molecule has 1 fully saturated rings. The van der Waals surface area contributed by atoms with E-state index in [-0.39, 0.29) is 0 Å². The Hall–Kier alpha value is -1.03. The van der Waals surface area contributed by atoms with Crippen LogP contribution in [0.15, 0.2) is 6.33 Å². The molecule has 2 rings (SSSR count). The third-order valence-electron chi connectivity index (χ3n) is 3.09. The first-order valence-electron chi connectivity index (χ1n) is 5.69. The largest absolute Gasteiger partial charge is 0.382 e. The smallest absolute Gasteiger partial charge is 0.150 e. The number of anilines is 2. The second-order valence-electron chi connectivity index (χ2n) is 4.53. The summed E-state index contributed by atoms with van der Waals surface area (Å²) < 4.78 is 0. The molecule has 4 nitrogen and oxygen atoms in total. The van der Waals surface area contributed by atoms with E-state index < -0.39 is 0 Å². The SMILES string of the molecule is CC1CCCC(Nc2ncnc(N)c2Cl)C1. The van der Waals surface area contributed by atoms with E-state index in [2.05, 4.69) is 22.2 Å². The third kappa shape index (κ3) is 2.55. The maximum Gasteiger partial charge on any atom is 0.150 e. The van der Waals surface area contributed by atoms with Crippen LogP contribution in [0.25, 0.3) is 0 Å². The van der Waals surface area contributed by atoms with E-state index >= 15 is 0 Å². The average molecular weight is 241 g/mol. The number of nitrogens with zero attached hydrogens (tertiary/aromatic N) is 2. The zero-order valence-corrected chi connectivity index (χ0v) is 10.2. The van der Waals surface area contributed by atoms with Crippen molar-refractivity contribution in [1.82, 2.24) is 9.97 Å². The van der Waals surface area contributed by atoms with E-state index in [4.69, 9.17) is 17.3 Å². The van der Waals surface area contributed by atoms with Crippen molar-refractivity contribution < 1.29 is 0 Å². The van der Waals surface area contributed by atoms with Crippen LogP contribution in [0.4, 0.5) is 11.6 Å². The maximum atomic E-state index is 6.04. The lowest BCUT2D eigenvalue weighted by atomic mass is 9.87. The van der Waals surface area contributed by atoms with Crippen molar-refractivity contribution >= 4 is 23.2 Å². The van der Waals surface area contributed by atoms with Gasteiger partial charge in [0.05, 0.1) is 0 Å². The number of hydrogen-bond acceptors (Lipinski definition) is 4. The number of halogens is 1. The Morgan fingerprint density at radius 3 is 3.00 bits per heavy atom. The Labute approximate surface area is 101 Å². The Morgan fingerprint density at radius 1 is 1.44 bits per heavy atom. The highest BCUT2D eigenvalue weighted by Crippen LogP contribution is 2.29. The van der Waals surface area contributed by atoms with Gasteiger partial charge in [-0.1, -0.05) is 31.4 Å². The van der Waals surface area contributed by atoms with Crippen LogP contribution < -0.4 is 11.1 Å². The van der Waals surface area contributed by atoms with E-state index in [1.165, 1.54) is 32.0 Å². The number of nitrogen functional groups attached to an aromatic ring is 1. The van der Waals surface area contributed by atoms with Gasteiger partial charge in [0, 0.05) is 6.04 Å². The maximum absolute atomic E-state index is 6.04. The Balaban J connectivity index is 2.05. The van der Waals surface area contributed by atoms with Crippen molar-refractivity contribution in [3.05, 3.63) is 11.3 Å². The molecule has 0 bridgehead atoms. The summed E-state index contributed by atoms with van der Waals surface area (Å²) in [6, 6.07) is 0.454. The van der Waals surface area contributed by atoms with E-state index in [0.29, 0.717) is 22.7 Å². The third-order valence-corrected chi connectivity index (χ3v) is 3.47. The molecule has 1 heterocycles. The first-order valence-corrected chi connectivity index (χ1v) is 6.07. The van der Waals surface area contributed by atoms with Crippen LogP contribution in [0.5, 0.6) is 0 Å². The van der Waals surface area contributed by atoms with Gasteiger partial charge in [-0.25, -0.2) is 9.97 Å². The lowest BCUT2D eigenvalue weighted by Gasteiger charge is -2.28. The summed E-state index contributed by atoms with van der Waals surface area (Å²) in [5.41, 5.74) is 5.63. The van der Waals surface area contributed by atoms with E-state index in [0.717, 1.165) is 5.92 Å². The van der Waals surface area contributed by atoms with Crippen LogP contribution >= 0.6 is 11.6 Å². The topological polar surface area (TPSA) is 63.8 Å². The van der Waals surface area contributed by atoms with Gasteiger partial charge >= 0.3 is 0 Å². The molecule has 1 aromatic rings. The zero-order valence-electron chi connectivity index (χ0n) is 9.41.